The highest BCUT2D eigenvalue weighted by Gasteiger charge is 2.14. The molecule has 1 amide bonds. The number of halogens is 2. The summed E-state index contributed by atoms with van der Waals surface area (Å²) in [6.45, 7) is 0. The van der Waals surface area contributed by atoms with Crippen LogP contribution in [0, 0.1) is 0 Å². The van der Waals surface area contributed by atoms with Gasteiger partial charge in [-0.15, -0.1) is 10.2 Å². The van der Waals surface area contributed by atoms with Gasteiger partial charge in [0.15, 0.2) is 5.16 Å². The third-order valence-corrected chi connectivity index (χ3v) is 4.88. The Morgan fingerprint density at radius 3 is 2.60 bits per heavy atom. The van der Waals surface area contributed by atoms with E-state index in [4.69, 9.17) is 28.9 Å². The molecule has 25 heavy (non-hydrogen) atoms. The van der Waals surface area contributed by atoms with Crippen molar-refractivity contribution >= 4 is 52.5 Å². The zero-order valence-electron chi connectivity index (χ0n) is 12.8. The lowest BCUT2D eigenvalue weighted by Crippen LogP contribution is -2.14. The summed E-state index contributed by atoms with van der Waals surface area (Å²) in [5.41, 5.74) is 7.29. The molecule has 0 saturated carbocycles. The highest BCUT2D eigenvalue weighted by molar-refractivity contribution is 7.99. The number of carbonyl (C=O) groups excluding carboxylic acids is 1. The number of benzene rings is 2. The Balaban J connectivity index is 1.68. The molecule has 0 bridgehead atoms. The first-order valence-electron chi connectivity index (χ1n) is 7.18. The van der Waals surface area contributed by atoms with Crippen LogP contribution in [0.15, 0.2) is 53.7 Å². The Morgan fingerprint density at radius 1 is 1.12 bits per heavy atom. The highest BCUT2D eigenvalue weighted by atomic mass is 35.5. The lowest BCUT2D eigenvalue weighted by atomic mass is 10.3. The van der Waals surface area contributed by atoms with Crippen LogP contribution < -0.4 is 11.1 Å². The molecule has 1 aromatic heterocycles. The maximum absolute atomic E-state index is 12.1. The largest absolute Gasteiger partial charge is 0.368 e. The third-order valence-electron chi connectivity index (χ3n) is 3.21. The predicted octanol–water partition coefficient (Wildman–Crippen LogP) is 3.89. The van der Waals surface area contributed by atoms with E-state index in [9.17, 15) is 4.79 Å². The third kappa shape index (κ3) is 4.25. The summed E-state index contributed by atoms with van der Waals surface area (Å²) in [7, 11) is 0. The van der Waals surface area contributed by atoms with E-state index in [0.29, 0.717) is 20.9 Å². The van der Waals surface area contributed by atoms with Gasteiger partial charge in [0, 0.05) is 5.69 Å². The van der Waals surface area contributed by atoms with Crippen LogP contribution in [-0.2, 0) is 4.79 Å². The number of para-hydroxylation sites is 1. The zero-order valence-corrected chi connectivity index (χ0v) is 15.1. The first-order valence-corrected chi connectivity index (χ1v) is 8.93. The zero-order chi connectivity index (χ0) is 17.8. The summed E-state index contributed by atoms with van der Waals surface area (Å²) in [6.07, 6.45) is 0. The number of hydrogen-bond donors (Lipinski definition) is 2. The van der Waals surface area contributed by atoms with Gasteiger partial charge in [-0.1, -0.05) is 53.2 Å². The van der Waals surface area contributed by atoms with Crippen LogP contribution in [0.25, 0.3) is 5.69 Å². The molecular formula is C16H13Cl2N5OS. The standard InChI is InChI=1S/C16H13Cl2N5OS/c17-12-7-6-10(8-13(12)18)20-14(24)9-25-16-22-21-15(19)23(16)11-4-2-1-3-5-11/h1-8H,9H2,(H2,19,21)(H,20,24). The number of nitrogens with zero attached hydrogens (tertiary/aromatic N) is 3. The van der Waals surface area contributed by atoms with Crippen molar-refractivity contribution < 1.29 is 4.79 Å². The minimum absolute atomic E-state index is 0.144. The smallest absolute Gasteiger partial charge is 0.234 e. The summed E-state index contributed by atoms with van der Waals surface area (Å²) in [5, 5.41) is 12.0. The highest BCUT2D eigenvalue weighted by Crippen LogP contribution is 2.26. The number of aromatic nitrogens is 3. The minimum Gasteiger partial charge on any atom is -0.368 e. The van der Waals surface area contributed by atoms with E-state index < -0.39 is 0 Å². The topological polar surface area (TPSA) is 85.8 Å². The van der Waals surface area contributed by atoms with E-state index >= 15 is 0 Å². The molecule has 0 aliphatic carbocycles. The molecule has 0 aliphatic heterocycles. The van der Waals surface area contributed by atoms with Gasteiger partial charge in [-0.25, -0.2) is 0 Å². The Labute approximate surface area is 158 Å². The summed E-state index contributed by atoms with van der Waals surface area (Å²) in [6, 6.07) is 14.4. The van der Waals surface area contributed by atoms with Crippen LogP contribution in [-0.4, -0.2) is 26.4 Å². The lowest BCUT2D eigenvalue weighted by molar-refractivity contribution is -0.113. The van der Waals surface area contributed by atoms with E-state index in [1.807, 2.05) is 30.3 Å². The fraction of sp³-hybridized carbons (Fsp3) is 0.0625. The average molecular weight is 394 g/mol. The van der Waals surface area contributed by atoms with Crippen LogP contribution in [0.4, 0.5) is 11.6 Å². The van der Waals surface area contributed by atoms with Gasteiger partial charge in [-0.3, -0.25) is 9.36 Å². The number of nitrogens with two attached hydrogens (primary N) is 1. The molecule has 0 fully saturated rings. The summed E-state index contributed by atoms with van der Waals surface area (Å²) in [4.78, 5) is 12.1. The molecule has 3 N–H and O–H groups in total. The van der Waals surface area contributed by atoms with Gasteiger partial charge < -0.3 is 11.1 Å². The Bertz CT molecular complexity index is 901. The molecule has 3 aromatic rings. The fourth-order valence-electron chi connectivity index (χ4n) is 2.10. The second-order valence-corrected chi connectivity index (χ2v) is 6.73. The van der Waals surface area contributed by atoms with Crippen LogP contribution in [0.3, 0.4) is 0 Å². The van der Waals surface area contributed by atoms with E-state index in [0.717, 1.165) is 5.69 Å². The van der Waals surface area contributed by atoms with Crippen molar-refractivity contribution in [3.63, 3.8) is 0 Å². The molecule has 9 heteroatoms. The fourth-order valence-corrected chi connectivity index (χ4v) is 3.15. The Kier molecular flexibility index (Phi) is 5.47. The van der Waals surface area contributed by atoms with E-state index in [1.54, 1.807) is 22.8 Å². The van der Waals surface area contributed by atoms with Gasteiger partial charge in [-0.05, 0) is 30.3 Å². The quantitative estimate of drug-likeness (QED) is 0.642. The predicted molar refractivity (Wildman–Crippen MR) is 102 cm³/mol. The van der Waals surface area contributed by atoms with Crippen LogP contribution in [0.2, 0.25) is 10.0 Å². The van der Waals surface area contributed by atoms with Crippen molar-refractivity contribution in [2.45, 2.75) is 5.16 Å². The first kappa shape index (κ1) is 17.6. The Hall–Kier alpha value is -2.22. The van der Waals surface area contributed by atoms with E-state index in [-0.39, 0.29) is 17.6 Å². The second-order valence-electron chi connectivity index (χ2n) is 4.98. The number of nitrogen functional groups attached to an aromatic ring is 1. The maximum atomic E-state index is 12.1. The van der Waals surface area contributed by atoms with Crippen molar-refractivity contribution in [2.24, 2.45) is 0 Å². The number of thioether (sulfide) groups is 1. The molecule has 128 valence electrons. The van der Waals surface area contributed by atoms with Gasteiger partial charge in [0.2, 0.25) is 11.9 Å². The molecule has 0 atom stereocenters. The van der Waals surface area contributed by atoms with Crippen LogP contribution >= 0.6 is 35.0 Å². The van der Waals surface area contributed by atoms with Gasteiger partial charge >= 0.3 is 0 Å². The number of nitrogens with one attached hydrogen (secondary N) is 1. The summed E-state index contributed by atoms with van der Waals surface area (Å²) >= 11 is 13.0. The molecule has 0 spiro atoms. The Morgan fingerprint density at radius 2 is 1.88 bits per heavy atom. The number of carbonyl (C=O) groups is 1. The number of rotatable bonds is 5. The summed E-state index contributed by atoms with van der Waals surface area (Å²) in [5.74, 6) is 0.203. The molecular weight excluding hydrogens is 381 g/mol. The van der Waals surface area contributed by atoms with Crippen molar-refractivity contribution in [1.29, 1.82) is 0 Å². The second kappa shape index (κ2) is 7.77. The molecule has 2 aromatic carbocycles. The number of hydrogen-bond acceptors (Lipinski definition) is 5. The molecule has 0 radical (unpaired) electrons. The summed E-state index contributed by atoms with van der Waals surface area (Å²) < 4.78 is 1.69. The number of anilines is 2. The normalized spacial score (nSPS) is 10.6. The van der Waals surface area contributed by atoms with Crippen molar-refractivity contribution in [3.05, 3.63) is 58.6 Å². The lowest BCUT2D eigenvalue weighted by Gasteiger charge is -2.08. The van der Waals surface area contributed by atoms with Gasteiger partial charge in [0.05, 0.1) is 21.5 Å². The molecule has 3 rings (SSSR count). The van der Waals surface area contributed by atoms with Gasteiger partial charge in [0.25, 0.3) is 0 Å². The maximum Gasteiger partial charge on any atom is 0.234 e. The molecule has 1 heterocycles. The first-order chi connectivity index (χ1) is 12.0. The minimum atomic E-state index is -0.204. The molecule has 0 saturated heterocycles. The number of amides is 1. The van der Waals surface area contributed by atoms with Gasteiger partial charge in [0.1, 0.15) is 0 Å². The van der Waals surface area contributed by atoms with Crippen molar-refractivity contribution in [2.75, 3.05) is 16.8 Å². The van der Waals surface area contributed by atoms with E-state index in [2.05, 4.69) is 15.5 Å². The monoisotopic (exact) mass is 393 g/mol. The van der Waals surface area contributed by atoms with E-state index in [1.165, 1.54) is 11.8 Å². The average Bonchev–Trinajstić information content (AvgIpc) is 2.98. The molecule has 0 aliphatic rings. The van der Waals surface area contributed by atoms with Gasteiger partial charge in [-0.2, -0.15) is 0 Å². The molecule has 6 nitrogen and oxygen atoms in total. The van der Waals surface area contributed by atoms with Crippen molar-refractivity contribution in [3.8, 4) is 5.69 Å². The van der Waals surface area contributed by atoms with Crippen LogP contribution in [0.5, 0.6) is 0 Å². The van der Waals surface area contributed by atoms with Crippen LogP contribution in [0.1, 0.15) is 0 Å². The van der Waals surface area contributed by atoms with Crippen molar-refractivity contribution in [1.82, 2.24) is 14.8 Å². The molecule has 0 unspecified atom stereocenters. The SMILES string of the molecule is Nc1nnc(SCC(=O)Nc2ccc(Cl)c(Cl)c2)n1-c1ccccc1.